The van der Waals surface area contributed by atoms with Crippen molar-refractivity contribution >= 4 is 54.6 Å². The maximum atomic E-state index is 9.60. The molecule has 4 aromatic carbocycles. The van der Waals surface area contributed by atoms with Crippen molar-refractivity contribution in [3.63, 3.8) is 0 Å². The summed E-state index contributed by atoms with van der Waals surface area (Å²) in [6.07, 6.45) is 3.17. The summed E-state index contributed by atoms with van der Waals surface area (Å²) in [7, 11) is 0. The van der Waals surface area contributed by atoms with Crippen molar-refractivity contribution < 1.29 is 0 Å². The molecule has 0 saturated heterocycles. The van der Waals surface area contributed by atoms with E-state index >= 15 is 0 Å². The van der Waals surface area contributed by atoms with Crippen LogP contribution in [0.5, 0.6) is 0 Å². The Morgan fingerprint density at radius 3 is 1.97 bits per heavy atom. The Morgan fingerprint density at radius 2 is 1.27 bits per heavy atom. The van der Waals surface area contributed by atoms with Gasteiger partial charge in [0.1, 0.15) is 12.1 Å². The number of hydrogen-bond donors (Lipinski definition) is 0. The quantitative estimate of drug-likeness (QED) is 0.277. The van der Waals surface area contributed by atoms with Gasteiger partial charge in [-0.05, 0) is 33.7 Å². The second kappa shape index (κ2) is 5.91. The second-order valence-electron chi connectivity index (χ2n) is 7.00. The van der Waals surface area contributed by atoms with Gasteiger partial charge in [-0.25, -0.2) is 19.9 Å². The van der Waals surface area contributed by atoms with E-state index in [0.29, 0.717) is 33.5 Å². The van der Waals surface area contributed by atoms with Crippen molar-refractivity contribution in [2.75, 3.05) is 0 Å². The lowest BCUT2D eigenvalue weighted by Gasteiger charge is -2.13. The highest BCUT2D eigenvalue weighted by Crippen LogP contribution is 2.38. The molecule has 0 saturated carbocycles. The molecule has 0 atom stereocenters. The molecule has 6 aromatic rings. The van der Waals surface area contributed by atoms with Crippen molar-refractivity contribution in [2.45, 2.75) is 0 Å². The highest BCUT2D eigenvalue weighted by atomic mass is 15.0. The van der Waals surface area contributed by atoms with Crippen LogP contribution in [0.25, 0.3) is 54.6 Å². The summed E-state index contributed by atoms with van der Waals surface area (Å²) in [4.78, 5) is 18.1. The molecule has 136 valence electrons. The molecule has 0 bridgehead atoms. The van der Waals surface area contributed by atoms with Crippen LogP contribution in [0, 0.1) is 22.7 Å². The number of hydrogen-bond acceptors (Lipinski definition) is 6. The Labute approximate surface area is 169 Å². The van der Waals surface area contributed by atoms with Gasteiger partial charge in [-0.1, -0.05) is 36.4 Å². The van der Waals surface area contributed by atoms with Crippen molar-refractivity contribution in [1.29, 1.82) is 10.5 Å². The Morgan fingerprint density at radius 1 is 0.633 bits per heavy atom. The van der Waals surface area contributed by atoms with Gasteiger partial charge in [0.05, 0.1) is 22.2 Å². The van der Waals surface area contributed by atoms with E-state index in [2.05, 4.69) is 40.3 Å². The number of benzene rings is 4. The maximum absolute atomic E-state index is 9.60. The van der Waals surface area contributed by atoms with E-state index in [4.69, 9.17) is 9.97 Å². The van der Waals surface area contributed by atoms with Crippen LogP contribution in [0.15, 0.2) is 60.9 Å². The summed E-state index contributed by atoms with van der Waals surface area (Å²) in [6.45, 7) is 0. The lowest BCUT2D eigenvalue weighted by Crippen LogP contribution is -1.96. The number of rotatable bonds is 0. The predicted octanol–water partition coefficient (Wildman–Crippen LogP) is 4.78. The molecule has 2 aromatic heterocycles. The topological polar surface area (TPSA) is 99.1 Å². The van der Waals surface area contributed by atoms with Crippen LogP contribution in [0.1, 0.15) is 11.1 Å². The zero-order valence-corrected chi connectivity index (χ0v) is 15.5. The SMILES string of the molecule is N#Cc1cc2c(cc1C#N)c1c3ccccc3ccc1c1nc3nccnc3nc21. The summed E-state index contributed by atoms with van der Waals surface area (Å²) in [5, 5.41) is 24.9. The summed E-state index contributed by atoms with van der Waals surface area (Å²) in [5.74, 6) is 0. The number of fused-ring (bicyclic) bond motifs is 9. The van der Waals surface area contributed by atoms with Gasteiger partial charge in [0, 0.05) is 23.2 Å². The molecule has 0 aliphatic carbocycles. The van der Waals surface area contributed by atoms with Crippen molar-refractivity contribution in [2.24, 2.45) is 0 Å². The molecule has 0 aliphatic heterocycles. The Kier molecular flexibility index (Phi) is 3.21. The molecule has 0 spiro atoms. The zero-order chi connectivity index (χ0) is 20.2. The van der Waals surface area contributed by atoms with Gasteiger partial charge in [-0.15, -0.1) is 0 Å². The minimum Gasteiger partial charge on any atom is -0.232 e. The number of nitrogens with zero attached hydrogens (tertiary/aromatic N) is 6. The fourth-order valence-corrected chi connectivity index (χ4v) is 4.12. The standard InChI is InChI=1S/C24H10N6/c25-11-14-9-18-19(10-15(14)12-26)22-21(29-23-24(30-22)28-8-7-27-23)17-6-5-13-3-1-2-4-16(13)20(17)18/h1-10H. The minimum absolute atomic E-state index is 0.312. The highest BCUT2D eigenvalue weighted by Gasteiger charge is 2.17. The summed E-state index contributed by atoms with van der Waals surface area (Å²) in [6, 6.07) is 20.0. The Hall–Kier alpha value is -4.68. The van der Waals surface area contributed by atoms with E-state index in [-0.39, 0.29) is 0 Å². The Bertz CT molecular complexity index is 1770. The van der Waals surface area contributed by atoms with Gasteiger partial charge in [0.15, 0.2) is 11.3 Å². The third-order valence-corrected chi connectivity index (χ3v) is 5.43. The van der Waals surface area contributed by atoms with Crippen LogP contribution in [0.2, 0.25) is 0 Å². The third-order valence-electron chi connectivity index (χ3n) is 5.43. The molecule has 2 heterocycles. The smallest absolute Gasteiger partial charge is 0.198 e. The first kappa shape index (κ1) is 16.3. The van der Waals surface area contributed by atoms with Crippen LogP contribution < -0.4 is 0 Å². The molecular weight excluding hydrogens is 372 g/mol. The van der Waals surface area contributed by atoms with E-state index in [1.807, 2.05) is 18.2 Å². The lowest BCUT2D eigenvalue weighted by atomic mass is 9.92. The van der Waals surface area contributed by atoms with E-state index in [1.165, 1.54) is 0 Å². The maximum Gasteiger partial charge on any atom is 0.198 e. The average molecular weight is 382 g/mol. The van der Waals surface area contributed by atoms with Crippen LogP contribution in [0.4, 0.5) is 0 Å². The van der Waals surface area contributed by atoms with Gasteiger partial charge in [-0.2, -0.15) is 10.5 Å². The van der Waals surface area contributed by atoms with Crippen molar-refractivity contribution in [1.82, 2.24) is 19.9 Å². The minimum atomic E-state index is 0.312. The van der Waals surface area contributed by atoms with Gasteiger partial charge in [-0.3, -0.25) is 0 Å². The van der Waals surface area contributed by atoms with Gasteiger partial charge in [0.2, 0.25) is 0 Å². The number of aromatic nitrogens is 4. The van der Waals surface area contributed by atoms with Gasteiger partial charge in [0.25, 0.3) is 0 Å². The van der Waals surface area contributed by atoms with Crippen molar-refractivity contribution in [3.05, 3.63) is 72.1 Å². The molecule has 6 nitrogen and oxygen atoms in total. The van der Waals surface area contributed by atoms with E-state index in [9.17, 15) is 10.5 Å². The first-order valence-electron chi connectivity index (χ1n) is 9.28. The van der Waals surface area contributed by atoms with Gasteiger partial charge < -0.3 is 0 Å². The largest absolute Gasteiger partial charge is 0.232 e. The fraction of sp³-hybridized carbons (Fsp3) is 0. The normalized spacial score (nSPS) is 11.3. The van der Waals surface area contributed by atoms with Gasteiger partial charge >= 0.3 is 0 Å². The van der Waals surface area contributed by atoms with E-state index < -0.39 is 0 Å². The molecule has 6 heteroatoms. The van der Waals surface area contributed by atoms with Crippen LogP contribution >= 0.6 is 0 Å². The molecular formula is C24H10N6. The Balaban J connectivity index is 2.00. The predicted molar refractivity (Wildman–Crippen MR) is 115 cm³/mol. The average Bonchev–Trinajstić information content (AvgIpc) is 2.81. The molecule has 0 unspecified atom stereocenters. The van der Waals surface area contributed by atoms with Crippen molar-refractivity contribution in [3.8, 4) is 12.1 Å². The number of nitriles is 2. The fourth-order valence-electron chi connectivity index (χ4n) is 4.12. The van der Waals surface area contributed by atoms with Crippen LogP contribution in [-0.2, 0) is 0 Å². The first-order valence-corrected chi connectivity index (χ1v) is 9.28. The second-order valence-corrected chi connectivity index (χ2v) is 7.00. The summed E-state index contributed by atoms with van der Waals surface area (Å²) < 4.78 is 0. The molecule has 0 fully saturated rings. The molecule has 0 radical (unpaired) electrons. The molecule has 0 aliphatic rings. The highest BCUT2D eigenvalue weighted by molar-refractivity contribution is 6.30. The third kappa shape index (κ3) is 2.10. The van der Waals surface area contributed by atoms with Crippen LogP contribution in [-0.4, -0.2) is 19.9 Å². The van der Waals surface area contributed by atoms with Crippen LogP contribution in [0.3, 0.4) is 0 Å². The zero-order valence-electron chi connectivity index (χ0n) is 15.5. The molecule has 0 amide bonds. The molecule has 6 rings (SSSR count). The monoisotopic (exact) mass is 382 g/mol. The van der Waals surface area contributed by atoms with E-state index in [1.54, 1.807) is 24.5 Å². The first-order chi connectivity index (χ1) is 14.8. The molecule has 30 heavy (non-hydrogen) atoms. The van der Waals surface area contributed by atoms with E-state index in [0.717, 1.165) is 32.3 Å². The summed E-state index contributed by atoms with van der Waals surface area (Å²) in [5.41, 5.74) is 2.90. The summed E-state index contributed by atoms with van der Waals surface area (Å²) >= 11 is 0. The lowest BCUT2D eigenvalue weighted by molar-refractivity contribution is 1.20. The molecule has 0 N–H and O–H groups in total.